The Morgan fingerprint density at radius 3 is 2.54 bits per heavy atom. The van der Waals surface area contributed by atoms with Gasteiger partial charge in [-0.2, -0.15) is 0 Å². The molecule has 1 fully saturated rings. The number of hydrogen-bond donors (Lipinski definition) is 0. The second kappa shape index (κ2) is 12.0. The summed E-state index contributed by atoms with van der Waals surface area (Å²) in [7, 11) is 1.45. The van der Waals surface area contributed by atoms with E-state index in [0.29, 0.717) is 25.8 Å². The summed E-state index contributed by atoms with van der Waals surface area (Å²) >= 11 is 7.62. The van der Waals surface area contributed by atoms with Gasteiger partial charge in [-0.15, -0.1) is 0 Å². The fourth-order valence-electron chi connectivity index (χ4n) is 3.50. The van der Waals surface area contributed by atoms with E-state index in [2.05, 4.69) is 31.9 Å². The van der Waals surface area contributed by atoms with Gasteiger partial charge in [0.15, 0.2) is 11.5 Å². The van der Waals surface area contributed by atoms with Gasteiger partial charge in [-0.1, -0.05) is 24.3 Å². The molecule has 1 saturated heterocycles. The van der Waals surface area contributed by atoms with Gasteiger partial charge in [0.1, 0.15) is 12.4 Å². The molecule has 4 rings (SSSR count). The van der Waals surface area contributed by atoms with Crippen LogP contribution in [0.1, 0.15) is 21.5 Å². The highest BCUT2D eigenvalue weighted by atomic mass is 79.9. The van der Waals surface area contributed by atoms with E-state index >= 15 is 0 Å². The lowest BCUT2D eigenvalue weighted by Gasteiger charge is -2.14. The van der Waals surface area contributed by atoms with E-state index in [1.165, 1.54) is 7.11 Å². The molecule has 2 amide bonds. The van der Waals surface area contributed by atoms with Gasteiger partial charge in [0.05, 0.1) is 28.6 Å². The van der Waals surface area contributed by atoms with Crippen LogP contribution >= 0.6 is 43.6 Å². The zero-order chi connectivity index (χ0) is 26.5. The van der Waals surface area contributed by atoms with Crippen LogP contribution in [0.4, 0.5) is 4.79 Å². The molecular weight excluding hydrogens is 626 g/mol. The third-order valence-electron chi connectivity index (χ3n) is 5.28. The Balaban J connectivity index is 1.48. The van der Waals surface area contributed by atoms with Crippen LogP contribution in [-0.2, 0) is 4.79 Å². The van der Waals surface area contributed by atoms with Crippen molar-refractivity contribution in [1.29, 1.82) is 0 Å². The van der Waals surface area contributed by atoms with Crippen molar-refractivity contribution in [2.24, 2.45) is 0 Å². The molecule has 0 spiro atoms. The third kappa shape index (κ3) is 6.44. The number of methoxy groups -OCH3 is 1. The summed E-state index contributed by atoms with van der Waals surface area (Å²) in [6.07, 6.45) is 1.60. The Morgan fingerprint density at radius 2 is 1.81 bits per heavy atom. The van der Waals surface area contributed by atoms with Gasteiger partial charge in [-0.25, -0.2) is 4.79 Å². The Kier molecular flexibility index (Phi) is 8.73. The smallest absolute Gasteiger partial charge is 0.344 e. The number of hydrogen-bond acceptors (Lipinski definition) is 7. The number of thioether (sulfide) groups is 1. The summed E-state index contributed by atoms with van der Waals surface area (Å²) in [5.74, 6) is 0.198. The van der Waals surface area contributed by atoms with Crippen molar-refractivity contribution in [2.75, 3.05) is 20.3 Å². The first-order chi connectivity index (χ1) is 17.8. The van der Waals surface area contributed by atoms with Crippen molar-refractivity contribution in [1.82, 2.24) is 4.90 Å². The molecule has 10 heteroatoms. The molecule has 1 aliphatic heterocycles. The van der Waals surface area contributed by atoms with Gasteiger partial charge < -0.3 is 14.2 Å². The van der Waals surface area contributed by atoms with Crippen molar-refractivity contribution >= 4 is 66.8 Å². The van der Waals surface area contributed by atoms with E-state index in [9.17, 15) is 14.4 Å². The molecule has 190 valence electrons. The topological polar surface area (TPSA) is 82.1 Å². The highest BCUT2D eigenvalue weighted by Crippen LogP contribution is 2.39. The summed E-state index contributed by atoms with van der Waals surface area (Å²) in [6, 6.07) is 17.8. The van der Waals surface area contributed by atoms with Crippen molar-refractivity contribution in [2.45, 2.75) is 6.92 Å². The molecular formula is C27H21Br2NO6S. The van der Waals surface area contributed by atoms with Gasteiger partial charge in [0.25, 0.3) is 11.1 Å². The second-order valence-corrected chi connectivity index (χ2v) is 10.6. The SMILES string of the molecule is COc1cc(/C=C2\SC(=O)N(CCOc3cccc(C)c3)C2=O)cc(Br)c1OC(=O)c1ccccc1Br. The lowest BCUT2D eigenvalue weighted by atomic mass is 10.1. The average Bonchev–Trinajstić information content (AvgIpc) is 3.13. The molecule has 3 aromatic rings. The van der Waals surface area contributed by atoms with Gasteiger partial charge in [-0.05, 0) is 104 Å². The number of carbonyl (C=O) groups excluding carboxylic acids is 3. The number of benzene rings is 3. The second-order valence-electron chi connectivity index (χ2n) is 7.90. The molecule has 37 heavy (non-hydrogen) atoms. The fraction of sp³-hybridized carbons (Fsp3) is 0.148. The van der Waals surface area contributed by atoms with Crippen molar-refractivity contribution in [3.63, 3.8) is 0 Å². The molecule has 0 saturated carbocycles. The normalized spacial score (nSPS) is 14.3. The standard InChI is InChI=1S/C27H21Br2NO6S/c1-16-6-5-7-18(12-16)35-11-10-30-25(31)23(37-27(30)33)15-17-13-21(29)24(22(14-17)34-2)36-26(32)19-8-3-4-9-20(19)28/h3-9,12-15H,10-11H2,1-2H3/b23-15-. The minimum atomic E-state index is -0.562. The van der Waals surface area contributed by atoms with Crippen molar-refractivity contribution in [3.05, 3.63) is 91.2 Å². The minimum Gasteiger partial charge on any atom is -0.493 e. The maximum absolute atomic E-state index is 12.9. The Hall–Kier alpha value is -3.08. The van der Waals surface area contributed by atoms with Crippen LogP contribution in [0.5, 0.6) is 17.2 Å². The van der Waals surface area contributed by atoms with Crippen LogP contribution in [-0.4, -0.2) is 42.3 Å². The highest BCUT2D eigenvalue weighted by molar-refractivity contribution is 9.10. The van der Waals surface area contributed by atoms with E-state index in [1.807, 2.05) is 31.2 Å². The number of aryl methyl sites for hydroxylation is 1. The lowest BCUT2D eigenvalue weighted by molar-refractivity contribution is -0.123. The number of amides is 2. The van der Waals surface area contributed by atoms with Crippen LogP contribution in [0, 0.1) is 6.92 Å². The molecule has 0 radical (unpaired) electrons. The number of ether oxygens (including phenoxy) is 3. The summed E-state index contributed by atoms with van der Waals surface area (Å²) in [4.78, 5) is 39.5. The number of nitrogens with zero attached hydrogens (tertiary/aromatic N) is 1. The van der Waals surface area contributed by atoms with E-state index in [4.69, 9.17) is 14.2 Å². The van der Waals surface area contributed by atoms with Crippen LogP contribution < -0.4 is 14.2 Å². The van der Waals surface area contributed by atoms with Gasteiger partial charge in [0, 0.05) is 4.47 Å². The first-order valence-corrected chi connectivity index (χ1v) is 13.5. The fourth-order valence-corrected chi connectivity index (χ4v) is 5.35. The van der Waals surface area contributed by atoms with E-state index < -0.39 is 11.9 Å². The van der Waals surface area contributed by atoms with E-state index in [0.717, 1.165) is 22.2 Å². The Bertz CT molecular complexity index is 1410. The van der Waals surface area contributed by atoms with Gasteiger partial charge in [0.2, 0.25) is 0 Å². The number of rotatable bonds is 8. The first-order valence-electron chi connectivity index (χ1n) is 11.1. The molecule has 0 bridgehead atoms. The predicted molar refractivity (Wildman–Crippen MR) is 149 cm³/mol. The van der Waals surface area contributed by atoms with Crippen LogP contribution in [0.25, 0.3) is 6.08 Å². The zero-order valence-corrected chi connectivity index (χ0v) is 23.8. The van der Waals surface area contributed by atoms with Gasteiger partial charge >= 0.3 is 5.97 Å². The van der Waals surface area contributed by atoms with E-state index in [1.54, 1.807) is 42.5 Å². The number of halogens is 2. The molecule has 3 aromatic carbocycles. The summed E-state index contributed by atoms with van der Waals surface area (Å²) in [5, 5.41) is -0.367. The summed E-state index contributed by atoms with van der Waals surface area (Å²) in [5.41, 5.74) is 2.01. The lowest BCUT2D eigenvalue weighted by Crippen LogP contribution is -2.32. The molecule has 1 aliphatic rings. The van der Waals surface area contributed by atoms with Crippen molar-refractivity contribution in [3.8, 4) is 17.2 Å². The summed E-state index contributed by atoms with van der Waals surface area (Å²) < 4.78 is 17.8. The molecule has 0 aromatic heterocycles. The maximum Gasteiger partial charge on any atom is 0.344 e. The monoisotopic (exact) mass is 645 g/mol. The molecule has 0 aliphatic carbocycles. The van der Waals surface area contributed by atoms with Crippen LogP contribution in [0.3, 0.4) is 0 Å². The van der Waals surface area contributed by atoms with E-state index in [-0.39, 0.29) is 34.8 Å². The third-order valence-corrected chi connectivity index (χ3v) is 7.47. The molecule has 1 heterocycles. The number of carbonyl (C=O) groups is 3. The first kappa shape index (κ1) is 27.0. The average molecular weight is 647 g/mol. The molecule has 0 unspecified atom stereocenters. The number of esters is 1. The minimum absolute atomic E-state index is 0.132. The number of imide groups is 1. The molecule has 0 atom stereocenters. The quantitative estimate of drug-likeness (QED) is 0.150. The van der Waals surface area contributed by atoms with Crippen molar-refractivity contribution < 1.29 is 28.6 Å². The van der Waals surface area contributed by atoms with Crippen LogP contribution in [0.15, 0.2) is 74.5 Å². The Labute approximate surface area is 235 Å². The Morgan fingerprint density at radius 1 is 1.03 bits per heavy atom. The molecule has 7 nitrogen and oxygen atoms in total. The zero-order valence-electron chi connectivity index (χ0n) is 19.8. The van der Waals surface area contributed by atoms with Gasteiger partial charge in [-0.3, -0.25) is 14.5 Å². The largest absolute Gasteiger partial charge is 0.493 e. The summed E-state index contributed by atoms with van der Waals surface area (Å²) in [6.45, 7) is 2.28. The predicted octanol–water partition coefficient (Wildman–Crippen LogP) is 6.86. The highest BCUT2D eigenvalue weighted by Gasteiger charge is 2.35. The van der Waals surface area contributed by atoms with Crippen LogP contribution in [0.2, 0.25) is 0 Å². The maximum atomic E-state index is 12.9. The molecule has 0 N–H and O–H groups in total.